The van der Waals surface area contributed by atoms with E-state index in [2.05, 4.69) is 26.2 Å². The van der Waals surface area contributed by atoms with E-state index in [1.54, 1.807) is 10.6 Å². The van der Waals surface area contributed by atoms with Gasteiger partial charge in [0.15, 0.2) is 0 Å². The molecule has 0 saturated carbocycles. The summed E-state index contributed by atoms with van der Waals surface area (Å²) in [6, 6.07) is 5.34. The lowest BCUT2D eigenvalue weighted by molar-refractivity contribution is 0.0696. The third kappa shape index (κ3) is 3.61. The van der Waals surface area contributed by atoms with Crippen LogP contribution in [-0.4, -0.2) is 37.4 Å². The number of aromatic nitrogens is 2. The first-order chi connectivity index (χ1) is 13.2. The second-order valence-corrected chi connectivity index (χ2v) is 7.07. The molecular formula is C19H16BrN3O5. The smallest absolute Gasteiger partial charge is 0.335 e. The van der Waals surface area contributed by atoms with Gasteiger partial charge in [0.05, 0.1) is 16.8 Å². The van der Waals surface area contributed by atoms with E-state index in [4.69, 9.17) is 0 Å². The van der Waals surface area contributed by atoms with Gasteiger partial charge in [0.2, 0.25) is 0 Å². The summed E-state index contributed by atoms with van der Waals surface area (Å²) in [5, 5.41) is 21.0. The molecule has 0 aliphatic carbocycles. The molecule has 9 heteroatoms. The highest BCUT2D eigenvalue weighted by molar-refractivity contribution is 9.10. The van der Waals surface area contributed by atoms with Crippen molar-refractivity contribution in [3.05, 3.63) is 63.0 Å². The first-order valence-corrected chi connectivity index (χ1v) is 9.10. The van der Waals surface area contributed by atoms with E-state index < -0.39 is 17.8 Å². The maximum atomic E-state index is 13.0. The van der Waals surface area contributed by atoms with Crippen LogP contribution in [0.2, 0.25) is 0 Å². The quantitative estimate of drug-likeness (QED) is 0.551. The Balaban J connectivity index is 2.09. The number of fused-ring (bicyclic) bond motifs is 1. The molecule has 144 valence electrons. The van der Waals surface area contributed by atoms with Gasteiger partial charge in [-0.3, -0.25) is 9.20 Å². The van der Waals surface area contributed by atoms with Crippen molar-refractivity contribution in [1.29, 1.82) is 0 Å². The van der Waals surface area contributed by atoms with Crippen LogP contribution >= 0.6 is 15.9 Å². The number of carbonyl (C=O) groups excluding carboxylic acids is 1. The number of carboxylic acids is 2. The molecule has 3 aromatic rings. The van der Waals surface area contributed by atoms with Crippen molar-refractivity contribution in [2.75, 3.05) is 5.32 Å². The number of nitrogens with zero attached hydrogens (tertiary/aromatic N) is 2. The average molecular weight is 446 g/mol. The van der Waals surface area contributed by atoms with E-state index in [-0.39, 0.29) is 16.8 Å². The third-order valence-corrected chi connectivity index (χ3v) is 4.61. The molecule has 2 aromatic heterocycles. The van der Waals surface area contributed by atoms with Crippen molar-refractivity contribution in [2.24, 2.45) is 0 Å². The number of anilines is 1. The molecule has 1 amide bonds. The lowest BCUT2D eigenvalue weighted by Crippen LogP contribution is -2.17. The van der Waals surface area contributed by atoms with E-state index in [0.717, 1.165) is 16.1 Å². The Bertz CT molecular complexity index is 1100. The molecule has 0 bridgehead atoms. The summed E-state index contributed by atoms with van der Waals surface area (Å²) < 4.78 is 2.43. The molecular weight excluding hydrogens is 430 g/mol. The highest BCUT2D eigenvalue weighted by Crippen LogP contribution is 2.23. The summed E-state index contributed by atoms with van der Waals surface area (Å²) in [6.45, 7) is 3.75. The number of halogens is 1. The Kier molecular flexibility index (Phi) is 5.19. The van der Waals surface area contributed by atoms with Crippen LogP contribution in [0.1, 0.15) is 49.4 Å². The predicted molar refractivity (Wildman–Crippen MR) is 105 cm³/mol. The van der Waals surface area contributed by atoms with Crippen molar-refractivity contribution in [3.8, 4) is 0 Å². The van der Waals surface area contributed by atoms with Gasteiger partial charge in [0, 0.05) is 16.4 Å². The fourth-order valence-electron chi connectivity index (χ4n) is 2.94. The van der Waals surface area contributed by atoms with Crippen molar-refractivity contribution in [3.63, 3.8) is 0 Å². The number of hydrogen-bond donors (Lipinski definition) is 3. The van der Waals surface area contributed by atoms with Gasteiger partial charge in [0.25, 0.3) is 5.91 Å². The molecule has 1 aromatic carbocycles. The molecule has 0 saturated heterocycles. The van der Waals surface area contributed by atoms with Crippen LogP contribution < -0.4 is 5.32 Å². The van der Waals surface area contributed by atoms with Crippen LogP contribution in [0.5, 0.6) is 0 Å². The van der Waals surface area contributed by atoms with Crippen LogP contribution in [0.3, 0.4) is 0 Å². The molecule has 0 atom stereocenters. The first kappa shape index (κ1) is 19.6. The lowest BCUT2D eigenvalue weighted by atomic mass is 10.1. The van der Waals surface area contributed by atoms with Gasteiger partial charge in [-0.1, -0.05) is 6.92 Å². The average Bonchev–Trinajstić information content (AvgIpc) is 3.00. The number of carboxylic acid groups (broad SMARTS) is 2. The van der Waals surface area contributed by atoms with Crippen LogP contribution in [0, 0.1) is 6.92 Å². The second-order valence-electron chi connectivity index (χ2n) is 6.16. The fourth-order valence-corrected chi connectivity index (χ4v) is 3.49. The standard InChI is InChI=1S/C19H16BrN3O5/c1-3-14-15(23-8-12(20)4-9(2)16(23)22-14)17(24)21-13-6-10(18(25)26)5-11(7-13)19(27)28/h4-8H,3H2,1-2H3,(H,21,24)(H,25,26)(H,27,28). The molecule has 28 heavy (non-hydrogen) atoms. The zero-order chi connectivity index (χ0) is 20.6. The zero-order valence-corrected chi connectivity index (χ0v) is 16.6. The number of hydrogen-bond acceptors (Lipinski definition) is 4. The minimum Gasteiger partial charge on any atom is -0.478 e. The largest absolute Gasteiger partial charge is 0.478 e. The summed E-state index contributed by atoms with van der Waals surface area (Å²) in [5.74, 6) is -3.09. The summed E-state index contributed by atoms with van der Waals surface area (Å²) in [5.41, 5.74) is 2.00. The monoisotopic (exact) mass is 445 g/mol. The Hall–Kier alpha value is -3.20. The molecule has 2 heterocycles. The topological polar surface area (TPSA) is 121 Å². The minimum absolute atomic E-state index is 0.0750. The molecule has 8 nitrogen and oxygen atoms in total. The van der Waals surface area contributed by atoms with Gasteiger partial charge >= 0.3 is 11.9 Å². The van der Waals surface area contributed by atoms with Crippen LogP contribution in [0.15, 0.2) is 34.9 Å². The molecule has 0 spiro atoms. The molecule has 3 N–H and O–H groups in total. The van der Waals surface area contributed by atoms with Crippen molar-refractivity contribution in [1.82, 2.24) is 9.38 Å². The second kappa shape index (κ2) is 7.43. The van der Waals surface area contributed by atoms with Gasteiger partial charge in [-0.2, -0.15) is 0 Å². The maximum absolute atomic E-state index is 13.0. The number of imidazole rings is 1. The molecule has 0 aliphatic rings. The Morgan fingerprint density at radius 3 is 2.25 bits per heavy atom. The van der Waals surface area contributed by atoms with Gasteiger partial charge in [0.1, 0.15) is 11.3 Å². The highest BCUT2D eigenvalue weighted by Gasteiger charge is 2.21. The number of rotatable bonds is 5. The van der Waals surface area contributed by atoms with Crippen molar-refractivity contribution in [2.45, 2.75) is 20.3 Å². The maximum Gasteiger partial charge on any atom is 0.335 e. The summed E-state index contributed by atoms with van der Waals surface area (Å²) in [7, 11) is 0. The fraction of sp³-hybridized carbons (Fsp3) is 0.158. The predicted octanol–water partition coefficient (Wildman–Crippen LogP) is 3.62. The Labute approximate surface area is 168 Å². The van der Waals surface area contributed by atoms with Crippen molar-refractivity contribution < 1.29 is 24.6 Å². The summed E-state index contributed by atoms with van der Waals surface area (Å²) in [4.78, 5) is 40.0. The first-order valence-electron chi connectivity index (χ1n) is 8.31. The molecule has 3 rings (SSSR count). The van der Waals surface area contributed by atoms with E-state index in [0.29, 0.717) is 23.5 Å². The molecule has 0 radical (unpaired) electrons. The molecule has 0 unspecified atom stereocenters. The van der Waals surface area contributed by atoms with Gasteiger partial charge in [-0.25, -0.2) is 14.6 Å². The zero-order valence-electron chi connectivity index (χ0n) is 15.0. The number of amides is 1. The molecule has 0 aliphatic heterocycles. The van der Waals surface area contributed by atoms with E-state index in [9.17, 15) is 24.6 Å². The summed E-state index contributed by atoms with van der Waals surface area (Å²) in [6.07, 6.45) is 2.23. The van der Waals surface area contributed by atoms with Crippen LogP contribution in [-0.2, 0) is 6.42 Å². The van der Waals surface area contributed by atoms with Crippen LogP contribution in [0.4, 0.5) is 5.69 Å². The number of pyridine rings is 1. The third-order valence-electron chi connectivity index (χ3n) is 4.18. The van der Waals surface area contributed by atoms with Gasteiger partial charge < -0.3 is 15.5 Å². The van der Waals surface area contributed by atoms with E-state index in [1.165, 1.54) is 12.1 Å². The Morgan fingerprint density at radius 1 is 1.11 bits per heavy atom. The normalized spacial score (nSPS) is 10.8. The number of aryl methyl sites for hydroxylation is 2. The number of nitrogens with one attached hydrogen (secondary N) is 1. The van der Waals surface area contributed by atoms with E-state index in [1.807, 2.05) is 19.9 Å². The van der Waals surface area contributed by atoms with Crippen molar-refractivity contribution >= 4 is 45.1 Å². The number of benzene rings is 1. The highest BCUT2D eigenvalue weighted by atomic mass is 79.9. The van der Waals surface area contributed by atoms with Crippen LogP contribution in [0.25, 0.3) is 5.65 Å². The summed E-state index contributed by atoms with van der Waals surface area (Å²) >= 11 is 3.40. The number of carbonyl (C=O) groups is 3. The molecule has 0 fully saturated rings. The Morgan fingerprint density at radius 2 is 1.71 bits per heavy atom. The lowest BCUT2D eigenvalue weighted by Gasteiger charge is -2.09. The SMILES string of the molecule is CCc1nc2c(C)cc(Br)cn2c1C(=O)Nc1cc(C(=O)O)cc(C(=O)O)c1. The van der Waals surface area contributed by atoms with E-state index >= 15 is 0 Å². The number of aromatic carboxylic acids is 2. The van der Waals surface area contributed by atoms with Gasteiger partial charge in [-0.05, 0) is 59.1 Å². The minimum atomic E-state index is -1.29. The van der Waals surface area contributed by atoms with Gasteiger partial charge in [-0.15, -0.1) is 0 Å².